The summed E-state index contributed by atoms with van der Waals surface area (Å²) in [6.07, 6.45) is 0. The van der Waals surface area contributed by atoms with Crippen molar-refractivity contribution in [3.8, 4) is 5.75 Å². The van der Waals surface area contributed by atoms with E-state index in [1.54, 1.807) is 49.6 Å². The van der Waals surface area contributed by atoms with E-state index in [2.05, 4.69) is 10.6 Å². The molecule has 156 valence electrons. The van der Waals surface area contributed by atoms with Gasteiger partial charge in [0, 0.05) is 35.4 Å². The first-order chi connectivity index (χ1) is 15.0. The third kappa shape index (κ3) is 4.64. The number of benzene rings is 3. The summed E-state index contributed by atoms with van der Waals surface area (Å²) >= 11 is 0. The van der Waals surface area contributed by atoms with E-state index in [-0.39, 0.29) is 17.4 Å². The van der Waals surface area contributed by atoms with Crippen LogP contribution < -0.4 is 15.4 Å². The molecule has 4 rings (SSSR count). The molecule has 31 heavy (non-hydrogen) atoms. The number of fused-ring (bicyclic) bond motifs is 1. The molecule has 0 aliphatic heterocycles. The monoisotopic (exact) mass is 417 g/mol. The number of rotatable bonds is 7. The molecule has 0 atom stereocenters. The summed E-state index contributed by atoms with van der Waals surface area (Å²) in [6, 6.07) is 20.6. The van der Waals surface area contributed by atoms with Crippen molar-refractivity contribution in [1.82, 2.24) is 0 Å². The van der Waals surface area contributed by atoms with Crippen LogP contribution in [0.1, 0.15) is 16.1 Å². The molecule has 1 amide bonds. The average Bonchev–Trinajstić information content (AvgIpc) is 3.22. The lowest BCUT2D eigenvalue weighted by atomic mass is 10.2. The number of nitro benzene ring substituents is 1. The molecule has 0 saturated carbocycles. The highest BCUT2D eigenvalue weighted by Gasteiger charge is 2.13. The van der Waals surface area contributed by atoms with Gasteiger partial charge in [-0.2, -0.15) is 0 Å². The maximum atomic E-state index is 12.5. The molecule has 1 heterocycles. The quantitative estimate of drug-likeness (QED) is 0.316. The fourth-order valence-corrected chi connectivity index (χ4v) is 3.12. The number of hydrogen-bond donors (Lipinski definition) is 2. The maximum Gasteiger partial charge on any atom is 0.291 e. The number of carbonyl (C=O) groups excluding carboxylic acids is 1. The number of non-ortho nitro benzene ring substituents is 1. The minimum Gasteiger partial charge on any atom is -0.497 e. The number of anilines is 2. The molecule has 0 bridgehead atoms. The van der Waals surface area contributed by atoms with E-state index in [1.807, 2.05) is 18.2 Å². The normalized spacial score (nSPS) is 10.6. The molecule has 8 heteroatoms. The second-order valence-electron chi connectivity index (χ2n) is 6.83. The Morgan fingerprint density at radius 2 is 1.81 bits per heavy atom. The third-order valence-corrected chi connectivity index (χ3v) is 4.71. The summed E-state index contributed by atoms with van der Waals surface area (Å²) in [4.78, 5) is 23.0. The zero-order chi connectivity index (χ0) is 21.8. The SMILES string of the molecule is COc1ccc(NC(=O)c2cc3cc(NCc4cccc([N+](=O)[O-])c4)ccc3o2)cc1. The number of methoxy groups -OCH3 is 1. The van der Waals surface area contributed by atoms with Crippen molar-refractivity contribution >= 4 is 33.9 Å². The smallest absolute Gasteiger partial charge is 0.291 e. The number of ether oxygens (including phenoxy) is 1. The maximum absolute atomic E-state index is 12.5. The van der Waals surface area contributed by atoms with Crippen LogP contribution in [0.25, 0.3) is 11.0 Å². The molecule has 2 N–H and O–H groups in total. The predicted molar refractivity (Wildman–Crippen MR) is 118 cm³/mol. The first kappa shape index (κ1) is 20.0. The van der Waals surface area contributed by atoms with E-state index in [9.17, 15) is 14.9 Å². The number of nitrogens with one attached hydrogen (secondary N) is 2. The van der Waals surface area contributed by atoms with Gasteiger partial charge in [0.1, 0.15) is 11.3 Å². The van der Waals surface area contributed by atoms with Crippen molar-refractivity contribution in [1.29, 1.82) is 0 Å². The van der Waals surface area contributed by atoms with Crippen LogP contribution in [0.3, 0.4) is 0 Å². The molecule has 3 aromatic carbocycles. The molecule has 0 unspecified atom stereocenters. The third-order valence-electron chi connectivity index (χ3n) is 4.71. The number of nitrogens with zero attached hydrogens (tertiary/aromatic N) is 1. The van der Waals surface area contributed by atoms with Gasteiger partial charge in [0.2, 0.25) is 0 Å². The highest BCUT2D eigenvalue weighted by Crippen LogP contribution is 2.25. The zero-order valence-corrected chi connectivity index (χ0v) is 16.6. The first-order valence-corrected chi connectivity index (χ1v) is 9.48. The number of furan rings is 1. The van der Waals surface area contributed by atoms with E-state index < -0.39 is 4.92 Å². The Labute approximate surface area is 177 Å². The average molecular weight is 417 g/mol. The van der Waals surface area contributed by atoms with Gasteiger partial charge in [0.25, 0.3) is 11.6 Å². The number of hydrogen-bond acceptors (Lipinski definition) is 6. The molecule has 1 aromatic heterocycles. The Balaban J connectivity index is 1.45. The van der Waals surface area contributed by atoms with E-state index in [4.69, 9.17) is 9.15 Å². The van der Waals surface area contributed by atoms with Crippen LogP contribution in [0.15, 0.2) is 77.2 Å². The van der Waals surface area contributed by atoms with Crippen molar-refractivity contribution in [2.45, 2.75) is 6.54 Å². The van der Waals surface area contributed by atoms with Crippen LogP contribution in [-0.2, 0) is 6.54 Å². The van der Waals surface area contributed by atoms with Crippen molar-refractivity contribution in [3.63, 3.8) is 0 Å². The van der Waals surface area contributed by atoms with E-state index in [0.29, 0.717) is 23.6 Å². The lowest BCUT2D eigenvalue weighted by Crippen LogP contribution is -2.10. The zero-order valence-electron chi connectivity index (χ0n) is 16.6. The summed E-state index contributed by atoms with van der Waals surface area (Å²) in [5.41, 5.74) is 2.87. The largest absolute Gasteiger partial charge is 0.497 e. The Bertz CT molecular complexity index is 1250. The van der Waals surface area contributed by atoms with Crippen LogP contribution in [0.5, 0.6) is 5.75 Å². The lowest BCUT2D eigenvalue weighted by Gasteiger charge is -2.06. The van der Waals surface area contributed by atoms with Gasteiger partial charge in [-0.25, -0.2) is 0 Å². The number of carbonyl (C=O) groups is 1. The van der Waals surface area contributed by atoms with Gasteiger partial charge in [-0.3, -0.25) is 14.9 Å². The summed E-state index contributed by atoms with van der Waals surface area (Å²) in [7, 11) is 1.58. The van der Waals surface area contributed by atoms with Crippen LogP contribution >= 0.6 is 0 Å². The predicted octanol–water partition coefficient (Wildman–Crippen LogP) is 5.21. The topological polar surface area (TPSA) is 107 Å². The summed E-state index contributed by atoms with van der Waals surface area (Å²) in [5, 5.41) is 17.7. The second kappa shape index (κ2) is 8.58. The van der Waals surface area contributed by atoms with Crippen molar-refractivity contribution in [2.75, 3.05) is 17.7 Å². The minimum absolute atomic E-state index is 0.0529. The van der Waals surface area contributed by atoms with Gasteiger partial charge in [-0.1, -0.05) is 12.1 Å². The number of amides is 1. The molecule has 0 aliphatic carbocycles. The fourth-order valence-electron chi connectivity index (χ4n) is 3.12. The van der Waals surface area contributed by atoms with E-state index in [1.165, 1.54) is 12.1 Å². The lowest BCUT2D eigenvalue weighted by molar-refractivity contribution is -0.384. The van der Waals surface area contributed by atoms with Crippen LogP contribution in [-0.4, -0.2) is 17.9 Å². The van der Waals surface area contributed by atoms with Crippen molar-refractivity contribution in [3.05, 3.63) is 94.2 Å². The molecule has 0 fully saturated rings. The number of nitro groups is 1. The van der Waals surface area contributed by atoms with Gasteiger partial charge in [-0.05, 0) is 54.1 Å². The Morgan fingerprint density at radius 3 is 2.55 bits per heavy atom. The summed E-state index contributed by atoms with van der Waals surface area (Å²) < 4.78 is 10.8. The second-order valence-corrected chi connectivity index (χ2v) is 6.83. The molecule has 0 radical (unpaired) electrons. The molecule has 0 aliphatic rings. The molecular formula is C23H19N3O5. The molecule has 8 nitrogen and oxygen atoms in total. The van der Waals surface area contributed by atoms with Gasteiger partial charge in [0.05, 0.1) is 12.0 Å². The molecule has 0 spiro atoms. The van der Waals surface area contributed by atoms with Crippen LogP contribution in [0.4, 0.5) is 17.1 Å². The van der Waals surface area contributed by atoms with E-state index >= 15 is 0 Å². The Hall–Kier alpha value is -4.33. The van der Waals surface area contributed by atoms with Crippen LogP contribution in [0.2, 0.25) is 0 Å². The molecule has 0 saturated heterocycles. The molecule has 4 aromatic rings. The molecular weight excluding hydrogens is 398 g/mol. The van der Waals surface area contributed by atoms with Gasteiger partial charge < -0.3 is 19.8 Å². The van der Waals surface area contributed by atoms with Crippen molar-refractivity contribution < 1.29 is 18.9 Å². The van der Waals surface area contributed by atoms with Crippen LogP contribution in [0, 0.1) is 10.1 Å². The van der Waals surface area contributed by atoms with E-state index in [0.717, 1.165) is 16.6 Å². The first-order valence-electron chi connectivity index (χ1n) is 9.48. The standard InChI is InChI=1S/C23H19N3O5/c1-30-20-8-5-17(6-9-20)25-23(27)22-13-16-12-18(7-10-21(16)31-22)24-14-15-3-2-4-19(11-15)26(28)29/h2-13,24H,14H2,1H3,(H,25,27). The van der Waals surface area contributed by atoms with Gasteiger partial charge in [-0.15, -0.1) is 0 Å². The van der Waals surface area contributed by atoms with Crippen molar-refractivity contribution in [2.24, 2.45) is 0 Å². The van der Waals surface area contributed by atoms with Gasteiger partial charge in [0.15, 0.2) is 5.76 Å². The fraction of sp³-hybridized carbons (Fsp3) is 0.0870. The highest BCUT2D eigenvalue weighted by atomic mass is 16.6. The minimum atomic E-state index is -0.417. The van der Waals surface area contributed by atoms with Gasteiger partial charge >= 0.3 is 0 Å². The summed E-state index contributed by atoms with van der Waals surface area (Å²) in [6.45, 7) is 0.426. The summed E-state index contributed by atoms with van der Waals surface area (Å²) in [5.74, 6) is 0.543. The Kier molecular flexibility index (Phi) is 5.53. The highest BCUT2D eigenvalue weighted by molar-refractivity contribution is 6.04. The Morgan fingerprint density at radius 1 is 1.03 bits per heavy atom.